The summed E-state index contributed by atoms with van der Waals surface area (Å²) in [5.74, 6) is -0.677. The second-order valence-electron chi connectivity index (χ2n) is 4.68. The van der Waals surface area contributed by atoms with E-state index in [1.807, 2.05) is 25.1 Å². The first-order valence-corrected chi connectivity index (χ1v) is 6.60. The number of aromatic nitrogens is 3. The van der Waals surface area contributed by atoms with Crippen molar-refractivity contribution >= 4 is 11.9 Å². The SMILES string of the molecule is Cc1cccc(OCC(=O)NCc2cn(CC(=O)O)nn2)c1. The van der Waals surface area contributed by atoms with Crippen molar-refractivity contribution < 1.29 is 19.4 Å². The van der Waals surface area contributed by atoms with Gasteiger partial charge in [0.1, 0.15) is 18.0 Å². The summed E-state index contributed by atoms with van der Waals surface area (Å²) in [6, 6.07) is 7.40. The van der Waals surface area contributed by atoms with Crippen LogP contribution in [0.15, 0.2) is 30.5 Å². The Kier molecular flexibility index (Phi) is 5.07. The fraction of sp³-hybridized carbons (Fsp3) is 0.286. The highest BCUT2D eigenvalue weighted by Crippen LogP contribution is 2.11. The van der Waals surface area contributed by atoms with E-state index in [0.717, 1.165) is 5.56 Å². The molecule has 0 aliphatic heterocycles. The van der Waals surface area contributed by atoms with E-state index in [2.05, 4.69) is 15.6 Å². The molecule has 0 aliphatic rings. The molecule has 0 saturated carbocycles. The number of amides is 1. The van der Waals surface area contributed by atoms with Crippen molar-refractivity contribution in [2.75, 3.05) is 6.61 Å². The van der Waals surface area contributed by atoms with Gasteiger partial charge in [0.05, 0.1) is 12.7 Å². The molecule has 2 N–H and O–H groups in total. The van der Waals surface area contributed by atoms with Gasteiger partial charge in [-0.15, -0.1) is 5.10 Å². The topological polar surface area (TPSA) is 106 Å². The number of carboxylic acid groups (broad SMARTS) is 1. The Morgan fingerprint density at radius 3 is 2.95 bits per heavy atom. The molecule has 1 aromatic carbocycles. The Morgan fingerprint density at radius 2 is 2.23 bits per heavy atom. The number of ether oxygens (including phenoxy) is 1. The van der Waals surface area contributed by atoms with Crippen LogP contribution in [0.3, 0.4) is 0 Å². The van der Waals surface area contributed by atoms with Crippen LogP contribution < -0.4 is 10.1 Å². The maximum atomic E-state index is 11.7. The lowest BCUT2D eigenvalue weighted by atomic mass is 10.2. The van der Waals surface area contributed by atoms with Gasteiger partial charge in [-0.05, 0) is 24.6 Å². The summed E-state index contributed by atoms with van der Waals surface area (Å²) >= 11 is 0. The van der Waals surface area contributed by atoms with Crippen molar-refractivity contribution in [1.29, 1.82) is 0 Å². The summed E-state index contributed by atoms with van der Waals surface area (Å²) in [5, 5.41) is 18.6. The molecule has 1 heterocycles. The number of hydrogen-bond donors (Lipinski definition) is 2. The molecule has 116 valence electrons. The molecule has 2 aromatic rings. The zero-order valence-corrected chi connectivity index (χ0v) is 12.0. The van der Waals surface area contributed by atoms with Crippen molar-refractivity contribution in [3.8, 4) is 5.75 Å². The van der Waals surface area contributed by atoms with Gasteiger partial charge in [-0.2, -0.15) is 0 Å². The quantitative estimate of drug-likeness (QED) is 0.765. The monoisotopic (exact) mass is 304 g/mol. The highest BCUT2D eigenvalue weighted by atomic mass is 16.5. The molecular weight excluding hydrogens is 288 g/mol. The number of aryl methyl sites for hydroxylation is 1. The molecule has 0 aliphatic carbocycles. The van der Waals surface area contributed by atoms with E-state index in [1.165, 1.54) is 10.9 Å². The van der Waals surface area contributed by atoms with Gasteiger partial charge in [0.2, 0.25) is 0 Å². The molecule has 2 rings (SSSR count). The number of aliphatic carboxylic acids is 1. The largest absolute Gasteiger partial charge is 0.484 e. The van der Waals surface area contributed by atoms with Gasteiger partial charge in [-0.25, -0.2) is 4.68 Å². The molecule has 0 radical (unpaired) electrons. The zero-order chi connectivity index (χ0) is 15.9. The van der Waals surface area contributed by atoms with E-state index in [1.54, 1.807) is 6.07 Å². The van der Waals surface area contributed by atoms with Crippen LogP contribution in [-0.4, -0.2) is 38.6 Å². The highest BCUT2D eigenvalue weighted by molar-refractivity contribution is 5.77. The van der Waals surface area contributed by atoms with Crippen LogP contribution in [0.5, 0.6) is 5.75 Å². The van der Waals surface area contributed by atoms with Gasteiger partial charge in [-0.1, -0.05) is 17.3 Å². The van der Waals surface area contributed by atoms with Gasteiger partial charge in [0.15, 0.2) is 6.61 Å². The minimum atomic E-state index is -1.01. The third kappa shape index (κ3) is 4.89. The molecule has 0 bridgehead atoms. The Labute approximate surface area is 126 Å². The smallest absolute Gasteiger partial charge is 0.325 e. The maximum absolute atomic E-state index is 11.7. The van der Waals surface area contributed by atoms with E-state index >= 15 is 0 Å². The minimum absolute atomic E-state index is 0.104. The summed E-state index contributed by atoms with van der Waals surface area (Å²) in [7, 11) is 0. The van der Waals surface area contributed by atoms with E-state index in [-0.39, 0.29) is 25.6 Å². The molecule has 0 spiro atoms. The lowest BCUT2D eigenvalue weighted by Gasteiger charge is -2.06. The average Bonchev–Trinajstić information content (AvgIpc) is 2.90. The molecule has 0 saturated heterocycles. The molecule has 1 amide bonds. The summed E-state index contributed by atoms with van der Waals surface area (Å²) in [4.78, 5) is 22.2. The van der Waals surface area contributed by atoms with Crippen molar-refractivity contribution in [1.82, 2.24) is 20.3 Å². The first kappa shape index (κ1) is 15.5. The van der Waals surface area contributed by atoms with Gasteiger partial charge in [-0.3, -0.25) is 9.59 Å². The molecule has 0 fully saturated rings. The molecule has 1 aromatic heterocycles. The number of carbonyl (C=O) groups excluding carboxylic acids is 1. The maximum Gasteiger partial charge on any atom is 0.325 e. The lowest BCUT2D eigenvalue weighted by molar-refractivity contribution is -0.138. The van der Waals surface area contributed by atoms with Crippen molar-refractivity contribution in [2.24, 2.45) is 0 Å². The Morgan fingerprint density at radius 1 is 1.41 bits per heavy atom. The van der Waals surface area contributed by atoms with Crippen molar-refractivity contribution in [2.45, 2.75) is 20.0 Å². The van der Waals surface area contributed by atoms with Crippen LogP contribution in [0.25, 0.3) is 0 Å². The fourth-order valence-corrected chi connectivity index (χ4v) is 1.73. The predicted octanol–water partition coefficient (Wildman–Crippen LogP) is 0.366. The number of benzene rings is 1. The van der Waals surface area contributed by atoms with E-state index < -0.39 is 5.97 Å². The summed E-state index contributed by atoms with van der Waals surface area (Å²) in [6.07, 6.45) is 1.47. The number of nitrogens with one attached hydrogen (secondary N) is 1. The summed E-state index contributed by atoms with van der Waals surface area (Å²) in [6.45, 7) is 1.73. The Hall–Kier alpha value is -2.90. The Balaban J connectivity index is 1.75. The molecular formula is C14H16N4O4. The normalized spacial score (nSPS) is 10.2. The van der Waals surface area contributed by atoms with E-state index in [0.29, 0.717) is 11.4 Å². The number of carboxylic acids is 1. The second kappa shape index (κ2) is 7.21. The van der Waals surface area contributed by atoms with Crippen LogP contribution in [0.4, 0.5) is 0 Å². The third-order valence-electron chi connectivity index (χ3n) is 2.71. The zero-order valence-electron chi connectivity index (χ0n) is 12.0. The number of carbonyl (C=O) groups is 2. The standard InChI is InChI=1S/C14H16N4O4/c1-10-3-2-4-12(5-10)22-9-13(19)15-6-11-7-18(17-16-11)8-14(20)21/h2-5,7H,6,8-9H2,1H3,(H,15,19)(H,20,21). The highest BCUT2D eigenvalue weighted by Gasteiger charge is 2.07. The average molecular weight is 304 g/mol. The van der Waals surface area contributed by atoms with E-state index in [4.69, 9.17) is 9.84 Å². The minimum Gasteiger partial charge on any atom is -0.484 e. The van der Waals surface area contributed by atoms with Gasteiger partial charge < -0.3 is 15.2 Å². The molecule has 8 heteroatoms. The van der Waals surface area contributed by atoms with Gasteiger partial charge >= 0.3 is 5.97 Å². The number of rotatable bonds is 7. The van der Waals surface area contributed by atoms with Crippen LogP contribution in [-0.2, 0) is 22.7 Å². The number of nitrogens with zero attached hydrogens (tertiary/aromatic N) is 3. The van der Waals surface area contributed by atoms with Crippen LogP contribution in [0.2, 0.25) is 0 Å². The van der Waals surface area contributed by atoms with Crippen molar-refractivity contribution in [3.05, 3.63) is 41.7 Å². The molecule has 0 atom stereocenters. The summed E-state index contributed by atoms with van der Waals surface area (Å²) in [5.41, 5.74) is 1.53. The first-order valence-electron chi connectivity index (χ1n) is 6.60. The molecule has 8 nitrogen and oxygen atoms in total. The number of hydrogen-bond acceptors (Lipinski definition) is 5. The summed E-state index contributed by atoms with van der Waals surface area (Å²) < 4.78 is 6.55. The first-order chi connectivity index (χ1) is 10.5. The molecule has 22 heavy (non-hydrogen) atoms. The molecule has 0 unspecified atom stereocenters. The van der Waals surface area contributed by atoms with Gasteiger partial charge in [0, 0.05) is 0 Å². The van der Waals surface area contributed by atoms with Crippen LogP contribution in [0, 0.1) is 6.92 Å². The Bertz CT molecular complexity index is 668. The van der Waals surface area contributed by atoms with E-state index in [9.17, 15) is 9.59 Å². The van der Waals surface area contributed by atoms with Crippen LogP contribution in [0.1, 0.15) is 11.3 Å². The van der Waals surface area contributed by atoms with Gasteiger partial charge in [0.25, 0.3) is 5.91 Å². The third-order valence-corrected chi connectivity index (χ3v) is 2.71. The predicted molar refractivity (Wildman–Crippen MR) is 76.2 cm³/mol. The fourth-order valence-electron chi connectivity index (χ4n) is 1.73. The second-order valence-corrected chi connectivity index (χ2v) is 4.68. The van der Waals surface area contributed by atoms with Crippen molar-refractivity contribution in [3.63, 3.8) is 0 Å². The van der Waals surface area contributed by atoms with Crippen LogP contribution >= 0.6 is 0 Å². The lowest BCUT2D eigenvalue weighted by Crippen LogP contribution is -2.28.